The zero-order chi connectivity index (χ0) is 14.3. The van der Waals surface area contributed by atoms with Crippen LogP contribution in [0.1, 0.15) is 22.5 Å². The minimum absolute atomic E-state index is 0.105. The van der Waals surface area contributed by atoms with E-state index in [2.05, 4.69) is 0 Å². The van der Waals surface area contributed by atoms with Crippen LogP contribution in [0.3, 0.4) is 0 Å². The van der Waals surface area contributed by atoms with E-state index in [-0.39, 0.29) is 11.8 Å². The highest BCUT2D eigenvalue weighted by atomic mass is 32.1. The molecule has 0 radical (unpaired) electrons. The van der Waals surface area contributed by atoms with Crippen molar-refractivity contribution in [3.63, 3.8) is 0 Å². The first kappa shape index (κ1) is 13.4. The quantitative estimate of drug-likeness (QED) is 0.922. The lowest BCUT2D eigenvalue weighted by atomic mass is 9.92. The summed E-state index contributed by atoms with van der Waals surface area (Å²) in [6.07, 6.45) is 2.19. The number of amides is 1. The van der Waals surface area contributed by atoms with Crippen LogP contribution in [0.15, 0.2) is 11.4 Å². The van der Waals surface area contributed by atoms with Gasteiger partial charge in [-0.3, -0.25) is 9.59 Å². The zero-order valence-electron chi connectivity index (χ0n) is 11.2. The molecule has 3 rings (SSSR count). The third-order valence-corrected chi connectivity index (χ3v) is 5.12. The smallest absolute Gasteiger partial charge is 0.308 e. The summed E-state index contributed by atoms with van der Waals surface area (Å²) >= 11 is 1.34. The molecule has 2 fully saturated rings. The summed E-state index contributed by atoms with van der Waals surface area (Å²) in [5, 5.41) is 11.1. The number of hydrogen-bond donors (Lipinski definition) is 1. The highest BCUT2D eigenvalue weighted by Crippen LogP contribution is 2.44. The SMILES string of the molecule is COc1ccsc1C(=O)N1C[C@H](C(=O)O)[C@@H](C2CC2)C1. The summed E-state index contributed by atoms with van der Waals surface area (Å²) in [7, 11) is 1.54. The second kappa shape index (κ2) is 5.09. The van der Waals surface area contributed by atoms with Gasteiger partial charge in [0, 0.05) is 13.1 Å². The van der Waals surface area contributed by atoms with Gasteiger partial charge in [-0.15, -0.1) is 11.3 Å². The largest absolute Gasteiger partial charge is 0.495 e. The van der Waals surface area contributed by atoms with Gasteiger partial charge in [-0.2, -0.15) is 0 Å². The molecular weight excluding hydrogens is 278 g/mol. The molecule has 1 amide bonds. The van der Waals surface area contributed by atoms with Crippen LogP contribution in [-0.4, -0.2) is 42.1 Å². The number of hydrogen-bond acceptors (Lipinski definition) is 4. The average molecular weight is 295 g/mol. The van der Waals surface area contributed by atoms with Crippen molar-refractivity contribution < 1.29 is 19.4 Å². The molecule has 0 spiro atoms. The summed E-state index contributed by atoms with van der Waals surface area (Å²) in [5.74, 6) is -0.137. The van der Waals surface area contributed by atoms with Crippen LogP contribution in [0.25, 0.3) is 0 Å². The number of carboxylic acid groups (broad SMARTS) is 1. The maximum atomic E-state index is 12.5. The molecule has 108 valence electrons. The van der Waals surface area contributed by atoms with Gasteiger partial charge in [0.15, 0.2) is 0 Å². The van der Waals surface area contributed by atoms with Gasteiger partial charge in [-0.25, -0.2) is 0 Å². The molecule has 1 aromatic heterocycles. The van der Waals surface area contributed by atoms with E-state index >= 15 is 0 Å². The molecule has 2 aliphatic rings. The van der Waals surface area contributed by atoms with E-state index in [4.69, 9.17) is 4.74 Å². The molecular formula is C14H17NO4S. The van der Waals surface area contributed by atoms with E-state index < -0.39 is 11.9 Å². The first-order chi connectivity index (χ1) is 9.61. The third-order valence-electron chi connectivity index (χ3n) is 4.24. The number of carbonyl (C=O) groups excluding carboxylic acids is 1. The van der Waals surface area contributed by atoms with Gasteiger partial charge in [0.05, 0.1) is 13.0 Å². The maximum Gasteiger partial charge on any atom is 0.308 e. The Labute approximate surface area is 121 Å². The third kappa shape index (κ3) is 2.28. The molecule has 0 aromatic carbocycles. The lowest BCUT2D eigenvalue weighted by Gasteiger charge is -2.16. The number of carbonyl (C=O) groups is 2. The van der Waals surface area contributed by atoms with Crippen molar-refractivity contribution in [3.8, 4) is 5.75 Å². The van der Waals surface area contributed by atoms with Crippen molar-refractivity contribution in [1.82, 2.24) is 4.90 Å². The topological polar surface area (TPSA) is 66.8 Å². The molecule has 20 heavy (non-hydrogen) atoms. The molecule has 1 saturated heterocycles. The fraction of sp³-hybridized carbons (Fsp3) is 0.571. The second-order valence-electron chi connectivity index (χ2n) is 5.47. The Kier molecular flexibility index (Phi) is 3.41. The minimum Gasteiger partial charge on any atom is -0.495 e. The van der Waals surface area contributed by atoms with Gasteiger partial charge in [-0.1, -0.05) is 0 Å². The monoisotopic (exact) mass is 295 g/mol. The summed E-state index contributed by atoms with van der Waals surface area (Å²) in [5.41, 5.74) is 0. The summed E-state index contributed by atoms with van der Waals surface area (Å²) in [6, 6.07) is 1.76. The highest BCUT2D eigenvalue weighted by molar-refractivity contribution is 7.12. The summed E-state index contributed by atoms with van der Waals surface area (Å²) < 4.78 is 5.17. The van der Waals surface area contributed by atoms with E-state index in [1.165, 1.54) is 18.4 Å². The predicted octanol–water partition coefficient (Wildman–Crippen LogP) is 1.94. The Hall–Kier alpha value is -1.56. The van der Waals surface area contributed by atoms with E-state index in [9.17, 15) is 14.7 Å². The number of thiophene rings is 1. The Morgan fingerprint density at radius 1 is 1.40 bits per heavy atom. The fourth-order valence-electron chi connectivity index (χ4n) is 3.02. The Morgan fingerprint density at radius 3 is 2.75 bits per heavy atom. The number of methoxy groups -OCH3 is 1. The van der Waals surface area contributed by atoms with Crippen LogP contribution in [0.4, 0.5) is 0 Å². The molecule has 1 saturated carbocycles. The van der Waals surface area contributed by atoms with E-state index in [1.54, 1.807) is 11.0 Å². The first-order valence-corrected chi connectivity index (χ1v) is 7.63. The van der Waals surface area contributed by atoms with Crippen molar-refractivity contribution in [1.29, 1.82) is 0 Å². The minimum atomic E-state index is -0.782. The average Bonchev–Trinajstić information content (AvgIpc) is 3.02. The van der Waals surface area contributed by atoms with E-state index in [1.807, 2.05) is 5.38 Å². The van der Waals surface area contributed by atoms with Crippen LogP contribution in [-0.2, 0) is 4.79 Å². The number of carboxylic acids is 1. The number of ether oxygens (including phenoxy) is 1. The lowest BCUT2D eigenvalue weighted by Crippen LogP contribution is -2.29. The molecule has 5 nitrogen and oxygen atoms in total. The maximum absolute atomic E-state index is 12.5. The number of likely N-dealkylation sites (tertiary alicyclic amines) is 1. The molecule has 1 aliphatic carbocycles. The molecule has 6 heteroatoms. The van der Waals surface area contributed by atoms with Crippen LogP contribution < -0.4 is 4.74 Å². The fourth-order valence-corrected chi connectivity index (χ4v) is 3.84. The van der Waals surface area contributed by atoms with Crippen LogP contribution in [0.5, 0.6) is 5.75 Å². The van der Waals surface area contributed by atoms with Crippen molar-refractivity contribution in [2.45, 2.75) is 12.8 Å². The molecule has 1 N–H and O–H groups in total. The Morgan fingerprint density at radius 2 is 2.15 bits per heavy atom. The number of aliphatic carboxylic acids is 1. The number of nitrogens with zero attached hydrogens (tertiary/aromatic N) is 1. The normalized spacial score (nSPS) is 25.8. The van der Waals surface area contributed by atoms with Crippen molar-refractivity contribution in [3.05, 3.63) is 16.3 Å². The van der Waals surface area contributed by atoms with E-state index in [0.29, 0.717) is 29.6 Å². The van der Waals surface area contributed by atoms with Gasteiger partial charge < -0.3 is 14.7 Å². The van der Waals surface area contributed by atoms with Crippen molar-refractivity contribution in [2.24, 2.45) is 17.8 Å². The number of rotatable bonds is 4. The standard InChI is InChI=1S/C14H17NO4S/c1-19-11-4-5-20-12(11)13(16)15-6-9(8-2-3-8)10(7-15)14(17)18/h4-5,8-10H,2-3,6-7H2,1H3,(H,17,18)/t9-,10+/m1/s1. The van der Waals surface area contributed by atoms with Crippen molar-refractivity contribution in [2.75, 3.05) is 20.2 Å². The molecule has 2 atom stereocenters. The molecule has 2 heterocycles. The van der Waals surface area contributed by atoms with Gasteiger partial charge in [0.2, 0.25) is 0 Å². The molecule has 0 bridgehead atoms. The van der Waals surface area contributed by atoms with Crippen LogP contribution in [0, 0.1) is 17.8 Å². The zero-order valence-corrected chi connectivity index (χ0v) is 12.1. The van der Waals surface area contributed by atoms with Gasteiger partial charge >= 0.3 is 5.97 Å². The lowest BCUT2D eigenvalue weighted by molar-refractivity contribution is -0.142. The van der Waals surface area contributed by atoms with Gasteiger partial charge in [0.25, 0.3) is 5.91 Å². The first-order valence-electron chi connectivity index (χ1n) is 6.75. The summed E-state index contributed by atoms with van der Waals surface area (Å²) in [6.45, 7) is 0.873. The molecule has 1 aromatic rings. The second-order valence-corrected chi connectivity index (χ2v) is 6.39. The van der Waals surface area contributed by atoms with Crippen LogP contribution in [0.2, 0.25) is 0 Å². The van der Waals surface area contributed by atoms with Crippen LogP contribution >= 0.6 is 11.3 Å². The Bertz CT molecular complexity index is 537. The predicted molar refractivity (Wildman–Crippen MR) is 74.1 cm³/mol. The van der Waals surface area contributed by atoms with E-state index in [0.717, 1.165) is 12.8 Å². The van der Waals surface area contributed by atoms with Crippen molar-refractivity contribution >= 4 is 23.2 Å². The Balaban J connectivity index is 1.78. The summed E-state index contributed by atoms with van der Waals surface area (Å²) in [4.78, 5) is 26.1. The molecule has 0 unspecified atom stereocenters. The van der Waals surface area contributed by atoms with Gasteiger partial charge in [0.1, 0.15) is 10.6 Å². The molecule has 1 aliphatic heterocycles. The highest BCUT2D eigenvalue weighted by Gasteiger charge is 2.47. The van der Waals surface area contributed by atoms with Gasteiger partial charge in [-0.05, 0) is 36.1 Å².